The summed E-state index contributed by atoms with van der Waals surface area (Å²) >= 11 is 5.72. The standard InChI is InChI=1S/C12H8ClF3N4O/c13-7-3-6(12(14,15)16)1-2-8(7)20-11(21)9-4-19-10(17)5-18-9/h1-5H,(H2,17,19)(H,20,21). The summed E-state index contributed by atoms with van der Waals surface area (Å²) in [4.78, 5) is 19.2. The number of carbonyl (C=O) groups is 1. The quantitative estimate of drug-likeness (QED) is 0.892. The number of benzene rings is 1. The molecule has 1 amide bonds. The first kappa shape index (κ1) is 15.0. The Kier molecular flexibility index (Phi) is 3.99. The Morgan fingerprint density at radius 2 is 1.95 bits per heavy atom. The SMILES string of the molecule is Nc1cnc(C(=O)Nc2ccc(C(F)(F)F)cc2Cl)cn1. The van der Waals surface area contributed by atoms with Crippen LogP contribution < -0.4 is 11.1 Å². The number of carbonyl (C=O) groups excluding carboxylic acids is 1. The minimum absolute atomic E-state index is 0.0355. The molecule has 1 heterocycles. The van der Waals surface area contributed by atoms with E-state index < -0.39 is 17.6 Å². The van der Waals surface area contributed by atoms with Crippen LogP contribution in [0.5, 0.6) is 0 Å². The molecule has 0 aliphatic heterocycles. The lowest BCUT2D eigenvalue weighted by atomic mass is 10.2. The van der Waals surface area contributed by atoms with Crippen molar-refractivity contribution in [3.05, 3.63) is 46.9 Å². The maximum Gasteiger partial charge on any atom is 0.416 e. The molecule has 110 valence electrons. The third kappa shape index (κ3) is 3.60. The number of nitrogens with one attached hydrogen (secondary N) is 1. The van der Waals surface area contributed by atoms with Crippen molar-refractivity contribution in [1.29, 1.82) is 0 Å². The molecule has 0 aliphatic carbocycles. The fourth-order valence-corrected chi connectivity index (χ4v) is 1.66. The summed E-state index contributed by atoms with van der Waals surface area (Å²) in [6.45, 7) is 0. The van der Waals surface area contributed by atoms with E-state index in [0.717, 1.165) is 24.4 Å². The first-order valence-electron chi connectivity index (χ1n) is 5.53. The van der Waals surface area contributed by atoms with Crippen molar-refractivity contribution < 1.29 is 18.0 Å². The van der Waals surface area contributed by atoms with Crippen LogP contribution in [0.15, 0.2) is 30.6 Å². The van der Waals surface area contributed by atoms with E-state index in [9.17, 15) is 18.0 Å². The minimum Gasteiger partial charge on any atom is -0.382 e. The number of amides is 1. The van der Waals surface area contributed by atoms with Crippen LogP contribution in [-0.4, -0.2) is 15.9 Å². The molecule has 1 aromatic heterocycles. The number of rotatable bonds is 2. The molecule has 3 N–H and O–H groups in total. The van der Waals surface area contributed by atoms with Gasteiger partial charge in [0, 0.05) is 0 Å². The molecule has 21 heavy (non-hydrogen) atoms. The monoisotopic (exact) mass is 316 g/mol. The van der Waals surface area contributed by atoms with Gasteiger partial charge in [0.15, 0.2) is 0 Å². The minimum atomic E-state index is -4.51. The molecule has 5 nitrogen and oxygen atoms in total. The van der Waals surface area contributed by atoms with Gasteiger partial charge in [0.05, 0.1) is 28.7 Å². The van der Waals surface area contributed by atoms with Gasteiger partial charge < -0.3 is 11.1 Å². The van der Waals surface area contributed by atoms with E-state index in [0.29, 0.717) is 0 Å². The Labute approximate surface area is 122 Å². The Morgan fingerprint density at radius 3 is 2.48 bits per heavy atom. The molecule has 9 heteroatoms. The summed E-state index contributed by atoms with van der Waals surface area (Å²) in [6, 6.07) is 2.61. The van der Waals surface area contributed by atoms with Crippen molar-refractivity contribution in [3.8, 4) is 0 Å². The molecule has 0 unspecified atom stereocenters. The smallest absolute Gasteiger partial charge is 0.382 e. The number of aromatic nitrogens is 2. The van der Waals surface area contributed by atoms with Gasteiger partial charge in [0.25, 0.3) is 5.91 Å². The summed E-state index contributed by atoms with van der Waals surface area (Å²) in [5, 5.41) is 2.11. The highest BCUT2D eigenvalue weighted by Gasteiger charge is 2.31. The molecular formula is C12H8ClF3N4O. The zero-order valence-electron chi connectivity index (χ0n) is 10.3. The lowest BCUT2D eigenvalue weighted by molar-refractivity contribution is -0.137. The van der Waals surface area contributed by atoms with Gasteiger partial charge in [0.1, 0.15) is 11.5 Å². The highest BCUT2D eigenvalue weighted by Crippen LogP contribution is 2.33. The molecule has 2 aromatic rings. The molecule has 2 rings (SSSR count). The van der Waals surface area contributed by atoms with Crippen LogP contribution in [0.25, 0.3) is 0 Å². The second kappa shape index (κ2) is 5.57. The Bertz CT molecular complexity index is 673. The molecule has 0 fully saturated rings. The summed E-state index contributed by atoms with van der Waals surface area (Å²) in [7, 11) is 0. The normalized spacial score (nSPS) is 11.2. The van der Waals surface area contributed by atoms with Gasteiger partial charge in [-0.2, -0.15) is 13.2 Å². The fourth-order valence-electron chi connectivity index (χ4n) is 1.43. The van der Waals surface area contributed by atoms with Crippen molar-refractivity contribution in [2.45, 2.75) is 6.18 Å². The zero-order valence-corrected chi connectivity index (χ0v) is 11.0. The van der Waals surface area contributed by atoms with Gasteiger partial charge in [-0.05, 0) is 18.2 Å². The van der Waals surface area contributed by atoms with E-state index in [2.05, 4.69) is 15.3 Å². The van der Waals surface area contributed by atoms with Gasteiger partial charge in [-0.25, -0.2) is 9.97 Å². The Balaban J connectivity index is 2.20. The number of nitrogens with zero attached hydrogens (tertiary/aromatic N) is 2. The average Bonchev–Trinajstić information content (AvgIpc) is 2.40. The predicted octanol–water partition coefficient (Wildman–Crippen LogP) is 2.98. The van der Waals surface area contributed by atoms with Crippen LogP contribution in [0.2, 0.25) is 5.02 Å². The average molecular weight is 317 g/mol. The molecule has 0 spiro atoms. The van der Waals surface area contributed by atoms with Gasteiger partial charge >= 0.3 is 6.18 Å². The van der Waals surface area contributed by atoms with Crippen LogP contribution in [-0.2, 0) is 6.18 Å². The first-order chi connectivity index (χ1) is 9.77. The highest BCUT2D eigenvalue weighted by molar-refractivity contribution is 6.34. The number of anilines is 2. The number of nitrogens with two attached hydrogens (primary N) is 1. The fraction of sp³-hybridized carbons (Fsp3) is 0.0833. The first-order valence-corrected chi connectivity index (χ1v) is 5.91. The molecule has 0 aliphatic rings. The number of halogens is 4. The van der Waals surface area contributed by atoms with Crippen LogP contribution in [0, 0.1) is 0 Å². The van der Waals surface area contributed by atoms with Crippen LogP contribution in [0.3, 0.4) is 0 Å². The molecule has 0 atom stereocenters. The molecule has 1 aromatic carbocycles. The summed E-state index contributed by atoms with van der Waals surface area (Å²) in [5.74, 6) is -0.525. The van der Waals surface area contributed by atoms with Crippen molar-refractivity contribution in [1.82, 2.24) is 9.97 Å². The highest BCUT2D eigenvalue weighted by atomic mass is 35.5. The van der Waals surface area contributed by atoms with Crippen molar-refractivity contribution in [3.63, 3.8) is 0 Å². The topological polar surface area (TPSA) is 80.9 Å². The number of alkyl halides is 3. The maximum absolute atomic E-state index is 12.5. The molecule has 0 bridgehead atoms. The van der Waals surface area contributed by atoms with Crippen LogP contribution >= 0.6 is 11.6 Å². The molecule has 0 radical (unpaired) electrons. The van der Waals surface area contributed by atoms with Crippen molar-refractivity contribution in [2.24, 2.45) is 0 Å². The second-order valence-corrected chi connectivity index (χ2v) is 4.38. The predicted molar refractivity (Wildman–Crippen MR) is 70.9 cm³/mol. The lowest BCUT2D eigenvalue weighted by Crippen LogP contribution is -2.15. The Hall–Kier alpha value is -2.35. The molecular weight excluding hydrogens is 309 g/mol. The third-order valence-electron chi connectivity index (χ3n) is 2.45. The van der Waals surface area contributed by atoms with Crippen molar-refractivity contribution in [2.75, 3.05) is 11.1 Å². The van der Waals surface area contributed by atoms with E-state index in [1.807, 2.05) is 0 Å². The van der Waals surface area contributed by atoms with Gasteiger partial charge in [0.2, 0.25) is 0 Å². The van der Waals surface area contributed by atoms with Gasteiger partial charge in [-0.1, -0.05) is 11.6 Å². The molecule has 0 saturated carbocycles. The third-order valence-corrected chi connectivity index (χ3v) is 2.76. The summed E-state index contributed by atoms with van der Waals surface area (Å²) < 4.78 is 37.5. The maximum atomic E-state index is 12.5. The lowest BCUT2D eigenvalue weighted by Gasteiger charge is -2.10. The van der Waals surface area contributed by atoms with E-state index in [4.69, 9.17) is 17.3 Å². The number of nitrogen functional groups attached to an aromatic ring is 1. The zero-order chi connectivity index (χ0) is 15.6. The summed E-state index contributed by atoms with van der Waals surface area (Å²) in [6.07, 6.45) is -2.18. The Morgan fingerprint density at radius 1 is 1.24 bits per heavy atom. The van der Waals surface area contributed by atoms with Gasteiger partial charge in [-0.15, -0.1) is 0 Å². The van der Waals surface area contributed by atoms with Crippen LogP contribution in [0.1, 0.15) is 16.1 Å². The van der Waals surface area contributed by atoms with E-state index in [1.54, 1.807) is 0 Å². The summed E-state index contributed by atoms with van der Waals surface area (Å²) in [5.41, 5.74) is 4.42. The van der Waals surface area contributed by atoms with Crippen molar-refractivity contribution >= 4 is 29.0 Å². The largest absolute Gasteiger partial charge is 0.416 e. The van der Waals surface area contributed by atoms with E-state index in [-0.39, 0.29) is 22.2 Å². The van der Waals surface area contributed by atoms with Gasteiger partial charge in [-0.3, -0.25) is 4.79 Å². The molecule has 0 saturated heterocycles. The van der Waals surface area contributed by atoms with E-state index >= 15 is 0 Å². The number of hydrogen-bond donors (Lipinski definition) is 2. The van der Waals surface area contributed by atoms with E-state index in [1.165, 1.54) is 6.20 Å². The number of hydrogen-bond acceptors (Lipinski definition) is 4. The van der Waals surface area contributed by atoms with Crippen LogP contribution in [0.4, 0.5) is 24.7 Å². The second-order valence-electron chi connectivity index (χ2n) is 3.97.